The largest absolute Gasteiger partial charge is 0.265 e. The molecular formula is C13H12BrN. The Hall–Kier alpha value is -1.15. The molecule has 0 unspecified atom stereocenters. The second-order valence-electron chi connectivity index (χ2n) is 3.44. The zero-order valence-electron chi connectivity index (χ0n) is 8.31. The SMILES string of the molecule is Br[C@@H](Cc1ccccc1)c1ccncc1. The van der Waals surface area contributed by atoms with Gasteiger partial charge in [0.25, 0.3) is 0 Å². The molecule has 0 bridgehead atoms. The minimum Gasteiger partial charge on any atom is -0.265 e. The zero-order chi connectivity index (χ0) is 10.5. The first kappa shape index (κ1) is 10.4. The summed E-state index contributed by atoms with van der Waals surface area (Å²) < 4.78 is 0. The standard InChI is InChI=1S/C13H12BrN/c14-13(12-6-8-15-9-7-12)10-11-4-2-1-3-5-11/h1-9,13H,10H2/t13-/m0/s1. The highest BCUT2D eigenvalue weighted by Crippen LogP contribution is 2.26. The summed E-state index contributed by atoms with van der Waals surface area (Å²) in [7, 11) is 0. The van der Waals surface area contributed by atoms with Crippen LogP contribution in [0.2, 0.25) is 0 Å². The molecule has 1 aromatic heterocycles. The van der Waals surface area contributed by atoms with Crippen LogP contribution in [0.3, 0.4) is 0 Å². The summed E-state index contributed by atoms with van der Waals surface area (Å²) in [4.78, 5) is 4.38. The monoisotopic (exact) mass is 261 g/mol. The van der Waals surface area contributed by atoms with Gasteiger partial charge in [0.1, 0.15) is 0 Å². The molecular weight excluding hydrogens is 250 g/mol. The fourth-order valence-electron chi connectivity index (χ4n) is 1.51. The van der Waals surface area contributed by atoms with E-state index in [1.807, 2.05) is 30.6 Å². The van der Waals surface area contributed by atoms with Crippen LogP contribution < -0.4 is 0 Å². The summed E-state index contributed by atoms with van der Waals surface area (Å²) in [6.45, 7) is 0. The minimum atomic E-state index is 0.364. The van der Waals surface area contributed by atoms with Crippen molar-refractivity contribution in [1.82, 2.24) is 4.98 Å². The fraction of sp³-hybridized carbons (Fsp3) is 0.154. The van der Waals surface area contributed by atoms with Gasteiger partial charge < -0.3 is 0 Å². The maximum absolute atomic E-state index is 4.01. The Morgan fingerprint density at radius 2 is 1.67 bits per heavy atom. The van der Waals surface area contributed by atoms with E-state index in [0.717, 1.165) is 6.42 Å². The van der Waals surface area contributed by atoms with Gasteiger partial charge in [0.2, 0.25) is 0 Å². The normalized spacial score (nSPS) is 12.3. The van der Waals surface area contributed by atoms with Gasteiger partial charge in [-0.1, -0.05) is 46.3 Å². The van der Waals surface area contributed by atoms with Gasteiger partial charge in [-0.2, -0.15) is 0 Å². The van der Waals surface area contributed by atoms with Crippen LogP contribution >= 0.6 is 15.9 Å². The Morgan fingerprint density at radius 1 is 1.00 bits per heavy atom. The van der Waals surface area contributed by atoms with Crippen LogP contribution in [0.25, 0.3) is 0 Å². The molecule has 0 fully saturated rings. The lowest BCUT2D eigenvalue weighted by Gasteiger charge is -2.09. The van der Waals surface area contributed by atoms with Crippen LogP contribution in [0.4, 0.5) is 0 Å². The maximum Gasteiger partial charge on any atom is 0.0436 e. The molecule has 0 saturated heterocycles. The van der Waals surface area contributed by atoms with Crippen LogP contribution in [-0.4, -0.2) is 4.98 Å². The summed E-state index contributed by atoms with van der Waals surface area (Å²) in [5.41, 5.74) is 2.62. The summed E-state index contributed by atoms with van der Waals surface area (Å²) >= 11 is 3.69. The highest BCUT2D eigenvalue weighted by Gasteiger charge is 2.07. The van der Waals surface area contributed by atoms with Crippen molar-refractivity contribution < 1.29 is 0 Å². The molecule has 2 aromatic rings. The lowest BCUT2D eigenvalue weighted by Crippen LogP contribution is -1.94. The summed E-state index contributed by atoms with van der Waals surface area (Å²) in [6.07, 6.45) is 4.66. The van der Waals surface area contributed by atoms with Gasteiger partial charge >= 0.3 is 0 Å². The summed E-state index contributed by atoms with van der Waals surface area (Å²) in [5.74, 6) is 0. The van der Waals surface area contributed by atoms with Gasteiger partial charge in [-0.3, -0.25) is 4.98 Å². The van der Waals surface area contributed by atoms with E-state index in [-0.39, 0.29) is 0 Å². The zero-order valence-corrected chi connectivity index (χ0v) is 9.89. The minimum absolute atomic E-state index is 0.364. The Kier molecular flexibility index (Phi) is 3.51. The van der Waals surface area contributed by atoms with Crippen molar-refractivity contribution in [2.24, 2.45) is 0 Å². The molecule has 0 N–H and O–H groups in total. The Labute approximate surface area is 98.3 Å². The van der Waals surface area contributed by atoms with Crippen molar-refractivity contribution in [2.75, 3.05) is 0 Å². The molecule has 1 atom stereocenters. The van der Waals surface area contributed by atoms with E-state index in [4.69, 9.17) is 0 Å². The molecule has 0 saturated carbocycles. The number of aromatic nitrogens is 1. The molecule has 1 heterocycles. The number of alkyl halides is 1. The predicted molar refractivity (Wildman–Crippen MR) is 66.1 cm³/mol. The van der Waals surface area contributed by atoms with E-state index >= 15 is 0 Å². The molecule has 0 amide bonds. The molecule has 15 heavy (non-hydrogen) atoms. The number of hydrogen-bond acceptors (Lipinski definition) is 1. The van der Waals surface area contributed by atoms with E-state index in [1.54, 1.807) is 0 Å². The van der Waals surface area contributed by atoms with Crippen molar-refractivity contribution in [2.45, 2.75) is 11.2 Å². The maximum atomic E-state index is 4.01. The topological polar surface area (TPSA) is 12.9 Å². The fourth-order valence-corrected chi connectivity index (χ4v) is 2.19. The van der Waals surface area contributed by atoms with E-state index in [0.29, 0.717) is 4.83 Å². The van der Waals surface area contributed by atoms with Crippen molar-refractivity contribution in [3.8, 4) is 0 Å². The van der Waals surface area contributed by atoms with Gasteiger partial charge in [0, 0.05) is 17.2 Å². The van der Waals surface area contributed by atoms with Crippen LogP contribution in [0.15, 0.2) is 54.9 Å². The molecule has 0 aliphatic rings. The number of hydrogen-bond donors (Lipinski definition) is 0. The summed E-state index contributed by atoms with van der Waals surface area (Å²) in [5, 5.41) is 0. The molecule has 1 aromatic carbocycles. The molecule has 76 valence electrons. The van der Waals surface area contributed by atoms with E-state index in [1.165, 1.54) is 11.1 Å². The highest BCUT2D eigenvalue weighted by atomic mass is 79.9. The summed E-state index contributed by atoms with van der Waals surface area (Å²) in [6, 6.07) is 14.6. The molecule has 2 heteroatoms. The number of rotatable bonds is 3. The Balaban J connectivity index is 2.08. The predicted octanol–water partition coefficient (Wildman–Crippen LogP) is 3.76. The third-order valence-corrected chi connectivity index (χ3v) is 3.18. The van der Waals surface area contributed by atoms with Gasteiger partial charge in [-0.25, -0.2) is 0 Å². The number of pyridine rings is 1. The van der Waals surface area contributed by atoms with E-state index < -0.39 is 0 Å². The number of halogens is 1. The van der Waals surface area contributed by atoms with Crippen molar-refractivity contribution in [3.05, 3.63) is 66.0 Å². The third kappa shape index (κ3) is 2.90. The smallest absolute Gasteiger partial charge is 0.0436 e. The molecule has 0 radical (unpaired) electrons. The quantitative estimate of drug-likeness (QED) is 0.767. The lowest BCUT2D eigenvalue weighted by molar-refractivity contribution is 0.944. The van der Waals surface area contributed by atoms with Gasteiger partial charge in [-0.05, 0) is 29.7 Å². The molecule has 0 aliphatic carbocycles. The molecule has 1 nitrogen and oxygen atoms in total. The molecule has 0 spiro atoms. The van der Waals surface area contributed by atoms with Gasteiger partial charge in [-0.15, -0.1) is 0 Å². The van der Waals surface area contributed by atoms with Gasteiger partial charge in [0.05, 0.1) is 0 Å². The first-order valence-electron chi connectivity index (χ1n) is 4.94. The van der Waals surface area contributed by atoms with Crippen LogP contribution in [-0.2, 0) is 6.42 Å². The average Bonchev–Trinajstić information content (AvgIpc) is 2.31. The van der Waals surface area contributed by atoms with Crippen molar-refractivity contribution in [1.29, 1.82) is 0 Å². The number of nitrogens with zero attached hydrogens (tertiary/aromatic N) is 1. The molecule has 2 rings (SSSR count). The Morgan fingerprint density at radius 3 is 2.33 bits per heavy atom. The van der Waals surface area contributed by atoms with E-state index in [2.05, 4.69) is 45.2 Å². The highest BCUT2D eigenvalue weighted by molar-refractivity contribution is 9.09. The van der Waals surface area contributed by atoms with E-state index in [9.17, 15) is 0 Å². The second-order valence-corrected chi connectivity index (χ2v) is 4.54. The lowest BCUT2D eigenvalue weighted by atomic mass is 10.1. The van der Waals surface area contributed by atoms with Crippen LogP contribution in [0.1, 0.15) is 16.0 Å². The second kappa shape index (κ2) is 5.08. The van der Waals surface area contributed by atoms with Crippen molar-refractivity contribution >= 4 is 15.9 Å². The average molecular weight is 262 g/mol. The first-order chi connectivity index (χ1) is 7.36. The molecule has 0 aliphatic heterocycles. The third-order valence-electron chi connectivity index (χ3n) is 2.33. The van der Waals surface area contributed by atoms with Crippen LogP contribution in [0.5, 0.6) is 0 Å². The van der Waals surface area contributed by atoms with Crippen LogP contribution in [0, 0.1) is 0 Å². The Bertz CT molecular complexity index is 399. The first-order valence-corrected chi connectivity index (χ1v) is 5.86. The van der Waals surface area contributed by atoms with Gasteiger partial charge in [0.15, 0.2) is 0 Å². The van der Waals surface area contributed by atoms with Crippen molar-refractivity contribution in [3.63, 3.8) is 0 Å². The number of benzene rings is 1.